The Kier molecular flexibility index (Phi) is 3.55. The number of carbonyl (C=O) groups excluding carboxylic acids is 2. The molecule has 0 aromatic heterocycles. The summed E-state index contributed by atoms with van der Waals surface area (Å²) in [6, 6.07) is 12.1. The molecule has 1 atom stereocenters. The van der Waals surface area contributed by atoms with Crippen LogP contribution in [0.4, 0.5) is 5.69 Å². The quantitative estimate of drug-likeness (QED) is 0.758. The van der Waals surface area contributed by atoms with Gasteiger partial charge in [-0.2, -0.15) is 0 Å². The fourth-order valence-electron chi connectivity index (χ4n) is 2.64. The van der Waals surface area contributed by atoms with E-state index in [1.54, 1.807) is 30.3 Å². The summed E-state index contributed by atoms with van der Waals surface area (Å²) in [6.45, 7) is 2.01. The molecule has 5 nitrogen and oxygen atoms in total. The van der Waals surface area contributed by atoms with Crippen LogP contribution in [-0.4, -0.2) is 16.9 Å². The molecule has 1 aliphatic rings. The van der Waals surface area contributed by atoms with Gasteiger partial charge in [0.1, 0.15) is 5.75 Å². The number of amides is 2. The average Bonchev–Trinajstić information content (AvgIpc) is 2.80. The Balaban J connectivity index is 1.90. The van der Waals surface area contributed by atoms with Crippen molar-refractivity contribution in [2.75, 3.05) is 5.32 Å². The van der Waals surface area contributed by atoms with Crippen molar-refractivity contribution in [3.8, 4) is 5.75 Å². The molecule has 0 saturated carbocycles. The number of phenolic OH excluding ortho intramolecular Hbond substituents is 1. The molecule has 2 amide bonds. The topological polar surface area (TPSA) is 78.4 Å². The summed E-state index contributed by atoms with van der Waals surface area (Å²) in [5.74, 6) is -0.505. The van der Waals surface area contributed by atoms with Gasteiger partial charge in [0, 0.05) is 11.3 Å². The molecule has 1 aliphatic heterocycles. The number of carbonyl (C=O) groups is 2. The molecular formula is C17H16N2O3. The van der Waals surface area contributed by atoms with Gasteiger partial charge in [0.15, 0.2) is 0 Å². The third-order valence-electron chi connectivity index (χ3n) is 3.80. The highest BCUT2D eigenvalue weighted by atomic mass is 16.3. The fraction of sp³-hybridized carbons (Fsp3) is 0.176. The summed E-state index contributed by atoms with van der Waals surface area (Å²) in [7, 11) is 0. The number of aromatic hydroxyl groups is 1. The van der Waals surface area contributed by atoms with Crippen LogP contribution >= 0.6 is 0 Å². The van der Waals surface area contributed by atoms with Gasteiger partial charge in [-0.05, 0) is 30.7 Å². The number of phenols is 1. The number of nitrogens with one attached hydrogen (secondary N) is 2. The van der Waals surface area contributed by atoms with Gasteiger partial charge in [0.25, 0.3) is 11.8 Å². The van der Waals surface area contributed by atoms with E-state index in [1.807, 2.05) is 19.1 Å². The second kappa shape index (κ2) is 5.52. The highest BCUT2D eigenvalue weighted by molar-refractivity contribution is 6.21. The van der Waals surface area contributed by atoms with Crippen molar-refractivity contribution in [3.63, 3.8) is 0 Å². The van der Waals surface area contributed by atoms with Gasteiger partial charge in [0.2, 0.25) is 0 Å². The van der Waals surface area contributed by atoms with Crippen molar-refractivity contribution in [2.24, 2.45) is 0 Å². The second-order valence-corrected chi connectivity index (χ2v) is 5.21. The van der Waals surface area contributed by atoms with Crippen molar-refractivity contribution >= 4 is 17.5 Å². The van der Waals surface area contributed by atoms with Gasteiger partial charge >= 0.3 is 0 Å². The van der Waals surface area contributed by atoms with Crippen LogP contribution in [0.15, 0.2) is 42.5 Å². The summed E-state index contributed by atoms with van der Waals surface area (Å²) >= 11 is 0. The minimum atomic E-state index is -0.376. The van der Waals surface area contributed by atoms with E-state index < -0.39 is 0 Å². The number of rotatable bonds is 4. The highest BCUT2D eigenvalue weighted by Gasteiger charge is 2.27. The highest BCUT2D eigenvalue weighted by Crippen LogP contribution is 2.30. The van der Waals surface area contributed by atoms with Crippen molar-refractivity contribution in [1.29, 1.82) is 0 Å². The van der Waals surface area contributed by atoms with E-state index >= 15 is 0 Å². The predicted molar refractivity (Wildman–Crippen MR) is 83.0 cm³/mol. The minimum absolute atomic E-state index is 0.0839. The predicted octanol–water partition coefficient (Wildman–Crippen LogP) is 2.84. The van der Waals surface area contributed by atoms with Crippen LogP contribution in [0.1, 0.15) is 45.7 Å². The third kappa shape index (κ3) is 2.41. The summed E-state index contributed by atoms with van der Waals surface area (Å²) in [4.78, 5) is 23.3. The number of para-hydroxylation sites is 1. The molecule has 22 heavy (non-hydrogen) atoms. The molecule has 0 fully saturated rings. The zero-order valence-electron chi connectivity index (χ0n) is 12.1. The van der Waals surface area contributed by atoms with Crippen LogP contribution in [-0.2, 0) is 0 Å². The Morgan fingerprint density at radius 2 is 1.82 bits per heavy atom. The molecule has 3 rings (SSSR count). The van der Waals surface area contributed by atoms with E-state index in [9.17, 15) is 14.7 Å². The molecule has 112 valence electrons. The van der Waals surface area contributed by atoms with Gasteiger partial charge in [0.05, 0.1) is 17.2 Å². The molecule has 5 heteroatoms. The third-order valence-corrected chi connectivity index (χ3v) is 3.80. The van der Waals surface area contributed by atoms with Crippen molar-refractivity contribution in [1.82, 2.24) is 5.32 Å². The van der Waals surface area contributed by atoms with E-state index in [2.05, 4.69) is 10.6 Å². The number of imide groups is 1. The van der Waals surface area contributed by atoms with Gasteiger partial charge in [-0.25, -0.2) is 0 Å². The van der Waals surface area contributed by atoms with Crippen LogP contribution in [0.2, 0.25) is 0 Å². The lowest BCUT2D eigenvalue weighted by Crippen LogP contribution is -2.19. The fourth-order valence-corrected chi connectivity index (χ4v) is 2.64. The number of hydrogen-bond donors (Lipinski definition) is 3. The number of fused-ring (bicyclic) bond motifs is 1. The molecule has 2 aromatic rings. The Hall–Kier alpha value is -2.82. The molecule has 0 spiro atoms. The van der Waals surface area contributed by atoms with E-state index in [0.29, 0.717) is 11.1 Å². The largest absolute Gasteiger partial charge is 0.508 e. The average molecular weight is 296 g/mol. The van der Waals surface area contributed by atoms with Crippen LogP contribution in [0.3, 0.4) is 0 Å². The summed E-state index contributed by atoms with van der Waals surface area (Å²) in [6.07, 6.45) is 0.764. The van der Waals surface area contributed by atoms with Crippen molar-refractivity contribution < 1.29 is 14.7 Å². The molecule has 1 heterocycles. The first-order valence-corrected chi connectivity index (χ1v) is 7.14. The molecule has 1 unspecified atom stereocenters. The molecular weight excluding hydrogens is 280 g/mol. The maximum absolute atomic E-state index is 11.7. The van der Waals surface area contributed by atoms with E-state index in [4.69, 9.17) is 0 Å². The molecule has 0 aliphatic carbocycles. The minimum Gasteiger partial charge on any atom is -0.508 e. The van der Waals surface area contributed by atoms with E-state index in [-0.39, 0.29) is 23.6 Å². The molecule has 0 radical (unpaired) electrons. The van der Waals surface area contributed by atoms with Gasteiger partial charge in [-0.1, -0.05) is 25.1 Å². The maximum atomic E-state index is 11.7. The summed E-state index contributed by atoms with van der Waals surface area (Å²) < 4.78 is 0. The maximum Gasteiger partial charge on any atom is 0.259 e. The number of benzene rings is 2. The Bertz CT molecular complexity index is 755. The van der Waals surface area contributed by atoms with Gasteiger partial charge in [-0.15, -0.1) is 0 Å². The standard InChI is InChI=1S/C17H16N2O3/c1-2-14(12-5-3-4-6-15(12)20)18-10-7-8-11-13(9-10)17(22)19-16(11)21/h3-9,14,18,20H,2H2,1H3,(H,19,21,22). The molecule has 3 N–H and O–H groups in total. The Morgan fingerprint density at radius 1 is 1.09 bits per heavy atom. The molecule has 0 bridgehead atoms. The van der Waals surface area contributed by atoms with E-state index in [0.717, 1.165) is 17.7 Å². The lowest BCUT2D eigenvalue weighted by atomic mass is 10.0. The number of anilines is 1. The summed E-state index contributed by atoms with van der Waals surface area (Å²) in [5, 5.41) is 15.5. The van der Waals surface area contributed by atoms with Crippen molar-refractivity contribution in [3.05, 3.63) is 59.2 Å². The normalized spacial score (nSPS) is 14.4. The molecule has 0 saturated heterocycles. The zero-order chi connectivity index (χ0) is 15.7. The van der Waals surface area contributed by atoms with Crippen molar-refractivity contribution in [2.45, 2.75) is 19.4 Å². The first kappa shape index (κ1) is 14.1. The van der Waals surface area contributed by atoms with Crippen LogP contribution in [0, 0.1) is 0 Å². The zero-order valence-corrected chi connectivity index (χ0v) is 12.1. The summed E-state index contributed by atoms with van der Waals surface area (Å²) in [5.41, 5.74) is 2.30. The monoisotopic (exact) mass is 296 g/mol. The first-order chi connectivity index (χ1) is 10.6. The molecule has 2 aromatic carbocycles. The Labute approximate surface area is 128 Å². The lowest BCUT2D eigenvalue weighted by Gasteiger charge is -2.20. The Morgan fingerprint density at radius 3 is 2.55 bits per heavy atom. The van der Waals surface area contributed by atoms with Gasteiger partial charge in [-0.3, -0.25) is 14.9 Å². The van der Waals surface area contributed by atoms with Crippen LogP contribution in [0.25, 0.3) is 0 Å². The second-order valence-electron chi connectivity index (χ2n) is 5.21. The van der Waals surface area contributed by atoms with Crippen LogP contribution < -0.4 is 10.6 Å². The van der Waals surface area contributed by atoms with Gasteiger partial charge < -0.3 is 10.4 Å². The van der Waals surface area contributed by atoms with E-state index in [1.165, 1.54) is 0 Å². The first-order valence-electron chi connectivity index (χ1n) is 7.14. The van der Waals surface area contributed by atoms with Crippen LogP contribution in [0.5, 0.6) is 5.75 Å². The SMILES string of the molecule is CCC(Nc1ccc2c(c1)C(=O)NC2=O)c1ccccc1O. The number of hydrogen-bond acceptors (Lipinski definition) is 4. The smallest absolute Gasteiger partial charge is 0.259 e. The lowest BCUT2D eigenvalue weighted by molar-refractivity contribution is 0.0879.